The minimum atomic E-state index is -1.02. The van der Waals surface area contributed by atoms with E-state index in [1.807, 2.05) is 0 Å². The molecule has 1 rings (SSSR count). The van der Waals surface area contributed by atoms with Gasteiger partial charge in [-0.25, -0.2) is 4.79 Å². The first-order chi connectivity index (χ1) is 7.99. The largest absolute Gasteiger partial charge is 0.459 e. The highest BCUT2D eigenvalue weighted by molar-refractivity contribution is 5.82. The van der Waals surface area contributed by atoms with E-state index in [0.29, 0.717) is 0 Å². The van der Waals surface area contributed by atoms with Crippen LogP contribution in [0.25, 0.3) is 0 Å². The van der Waals surface area contributed by atoms with Crippen LogP contribution in [0.3, 0.4) is 0 Å². The average molecular weight is 242 g/mol. The zero-order valence-corrected chi connectivity index (χ0v) is 9.69. The van der Waals surface area contributed by atoms with Crippen LogP contribution in [-0.2, 0) is 9.53 Å². The van der Waals surface area contributed by atoms with Gasteiger partial charge in [0, 0.05) is 18.9 Å². The molecule has 1 aliphatic rings. The van der Waals surface area contributed by atoms with Crippen LogP contribution < -0.4 is 0 Å². The number of carbonyl (C=O) groups excluding carboxylic acids is 1. The van der Waals surface area contributed by atoms with Gasteiger partial charge in [-0.3, -0.25) is 0 Å². The average Bonchev–Trinajstić information content (AvgIpc) is 2.21. The minimum Gasteiger partial charge on any atom is -0.459 e. The molecule has 0 aromatic carbocycles. The molecule has 96 valence electrons. The SMILES string of the molecule is C[C@@H](O)C[C@@H]1C[C@H](O)[C@@H](O)/C=C\C=C/C(=O)O1. The van der Waals surface area contributed by atoms with E-state index in [4.69, 9.17) is 4.74 Å². The van der Waals surface area contributed by atoms with E-state index >= 15 is 0 Å². The van der Waals surface area contributed by atoms with Gasteiger partial charge in [-0.05, 0) is 6.92 Å². The molecular weight excluding hydrogens is 224 g/mol. The van der Waals surface area contributed by atoms with Crippen molar-refractivity contribution in [1.82, 2.24) is 0 Å². The fraction of sp³-hybridized carbons (Fsp3) is 0.583. The maximum absolute atomic E-state index is 11.3. The number of esters is 1. The van der Waals surface area contributed by atoms with Crippen molar-refractivity contribution >= 4 is 5.97 Å². The number of rotatable bonds is 2. The lowest BCUT2D eigenvalue weighted by Crippen LogP contribution is -2.32. The molecule has 0 aliphatic carbocycles. The molecule has 5 nitrogen and oxygen atoms in total. The van der Waals surface area contributed by atoms with Gasteiger partial charge >= 0.3 is 5.97 Å². The van der Waals surface area contributed by atoms with Gasteiger partial charge in [-0.1, -0.05) is 18.2 Å². The Balaban J connectivity index is 2.75. The summed E-state index contributed by atoms with van der Waals surface area (Å²) in [5.41, 5.74) is 0. The van der Waals surface area contributed by atoms with Gasteiger partial charge in [0.25, 0.3) is 0 Å². The smallest absolute Gasteiger partial charge is 0.331 e. The summed E-state index contributed by atoms with van der Waals surface area (Å²) in [5.74, 6) is -0.524. The van der Waals surface area contributed by atoms with Gasteiger partial charge in [0.05, 0.1) is 18.3 Å². The van der Waals surface area contributed by atoms with Crippen LogP contribution in [0.2, 0.25) is 0 Å². The summed E-state index contributed by atoms with van der Waals surface area (Å²) < 4.78 is 5.07. The second-order valence-electron chi connectivity index (χ2n) is 4.18. The number of carbonyl (C=O) groups is 1. The molecule has 0 bridgehead atoms. The van der Waals surface area contributed by atoms with Crippen molar-refractivity contribution in [1.29, 1.82) is 0 Å². The minimum absolute atomic E-state index is 0.0932. The Kier molecular flexibility index (Phi) is 5.34. The van der Waals surface area contributed by atoms with Crippen LogP contribution in [-0.4, -0.2) is 45.7 Å². The Bertz CT molecular complexity index is 308. The maximum atomic E-state index is 11.3. The molecule has 1 heterocycles. The van der Waals surface area contributed by atoms with Crippen molar-refractivity contribution in [2.75, 3.05) is 0 Å². The number of ether oxygens (including phenoxy) is 1. The zero-order valence-electron chi connectivity index (χ0n) is 9.69. The maximum Gasteiger partial charge on any atom is 0.331 e. The molecule has 0 fully saturated rings. The van der Waals surface area contributed by atoms with Gasteiger partial charge in [0.1, 0.15) is 6.10 Å². The summed E-state index contributed by atoms with van der Waals surface area (Å²) >= 11 is 0. The molecule has 0 unspecified atom stereocenters. The van der Waals surface area contributed by atoms with Gasteiger partial charge in [0.15, 0.2) is 0 Å². The predicted molar refractivity (Wildman–Crippen MR) is 61.1 cm³/mol. The van der Waals surface area contributed by atoms with Crippen molar-refractivity contribution in [3.63, 3.8) is 0 Å². The Morgan fingerprint density at radius 2 is 2.18 bits per heavy atom. The van der Waals surface area contributed by atoms with Gasteiger partial charge in [-0.2, -0.15) is 0 Å². The molecular formula is C12H18O5. The lowest BCUT2D eigenvalue weighted by atomic mass is 10.0. The number of allylic oxidation sites excluding steroid dienone is 2. The molecule has 0 saturated heterocycles. The fourth-order valence-electron chi connectivity index (χ4n) is 1.63. The van der Waals surface area contributed by atoms with Crippen LogP contribution in [0, 0.1) is 0 Å². The second-order valence-corrected chi connectivity index (χ2v) is 4.18. The summed E-state index contributed by atoms with van der Waals surface area (Å²) in [6, 6.07) is 0. The normalized spacial score (nSPS) is 35.8. The lowest BCUT2D eigenvalue weighted by molar-refractivity contribution is -0.146. The van der Waals surface area contributed by atoms with E-state index in [1.54, 1.807) is 6.92 Å². The third-order valence-electron chi connectivity index (χ3n) is 2.44. The molecule has 1 aliphatic heterocycles. The van der Waals surface area contributed by atoms with E-state index in [-0.39, 0.29) is 12.8 Å². The van der Waals surface area contributed by atoms with Gasteiger partial charge in [0.2, 0.25) is 0 Å². The number of aliphatic hydroxyl groups is 3. The first-order valence-corrected chi connectivity index (χ1v) is 5.58. The van der Waals surface area contributed by atoms with Crippen LogP contribution in [0.1, 0.15) is 19.8 Å². The highest BCUT2D eigenvalue weighted by atomic mass is 16.5. The molecule has 17 heavy (non-hydrogen) atoms. The van der Waals surface area contributed by atoms with Crippen LogP contribution in [0.4, 0.5) is 0 Å². The standard InChI is InChI=1S/C12H18O5/c1-8(13)6-9-7-11(15)10(14)4-2-3-5-12(16)17-9/h2-5,8-11,13-15H,6-7H2,1H3/b4-2-,5-3-/t8-,9-,10+,11+/m1/s1. The van der Waals surface area contributed by atoms with E-state index < -0.39 is 30.4 Å². The first kappa shape index (κ1) is 13.9. The number of hydrogen-bond donors (Lipinski definition) is 3. The van der Waals surface area contributed by atoms with Crippen molar-refractivity contribution in [3.05, 3.63) is 24.3 Å². The summed E-state index contributed by atoms with van der Waals surface area (Å²) in [4.78, 5) is 11.3. The van der Waals surface area contributed by atoms with Crippen molar-refractivity contribution in [2.24, 2.45) is 0 Å². The Hall–Kier alpha value is -1.17. The molecule has 0 radical (unpaired) electrons. The van der Waals surface area contributed by atoms with E-state index in [0.717, 1.165) is 0 Å². The molecule has 4 atom stereocenters. The summed E-state index contributed by atoms with van der Waals surface area (Å²) in [6.07, 6.45) is 2.59. The zero-order chi connectivity index (χ0) is 12.8. The van der Waals surface area contributed by atoms with E-state index in [9.17, 15) is 20.1 Å². The number of cyclic esters (lactones) is 1. The molecule has 0 spiro atoms. The Labute approximate surface area is 100 Å². The Morgan fingerprint density at radius 1 is 1.47 bits per heavy atom. The topological polar surface area (TPSA) is 87.0 Å². The van der Waals surface area contributed by atoms with E-state index in [1.165, 1.54) is 24.3 Å². The lowest BCUT2D eigenvalue weighted by Gasteiger charge is -2.23. The van der Waals surface area contributed by atoms with Crippen LogP contribution >= 0.6 is 0 Å². The molecule has 0 amide bonds. The number of hydrogen-bond acceptors (Lipinski definition) is 5. The summed E-state index contributed by atoms with van der Waals surface area (Å²) in [7, 11) is 0. The van der Waals surface area contributed by atoms with Crippen molar-refractivity contribution < 1.29 is 24.9 Å². The fourth-order valence-corrected chi connectivity index (χ4v) is 1.63. The van der Waals surface area contributed by atoms with E-state index in [2.05, 4.69) is 0 Å². The van der Waals surface area contributed by atoms with Crippen LogP contribution in [0.5, 0.6) is 0 Å². The van der Waals surface area contributed by atoms with Crippen molar-refractivity contribution in [2.45, 2.75) is 44.2 Å². The quantitative estimate of drug-likeness (QED) is 0.589. The summed E-state index contributed by atoms with van der Waals surface area (Å²) in [5, 5.41) is 28.5. The highest BCUT2D eigenvalue weighted by Gasteiger charge is 2.23. The molecule has 3 N–H and O–H groups in total. The third kappa shape index (κ3) is 5.12. The molecule has 0 saturated carbocycles. The molecule has 0 aromatic rings. The summed E-state index contributed by atoms with van der Waals surface area (Å²) in [6.45, 7) is 1.57. The third-order valence-corrected chi connectivity index (χ3v) is 2.44. The predicted octanol–water partition coefficient (Wildman–Crippen LogP) is -0.0930. The molecule has 5 heteroatoms. The van der Waals surface area contributed by atoms with Gasteiger partial charge < -0.3 is 20.1 Å². The second kappa shape index (κ2) is 6.54. The molecule has 0 aromatic heterocycles. The Morgan fingerprint density at radius 3 is 2.82 bits per heavy atom. The first-order valence-electron chi connectivity index (χ1n) is 5.58. The van der Waals surface area contributed by atoms with Gasteiger partial charge in [-0.15, -0.1) is 0 Å². The monoisotopic (exact) mass is 242 g/mol. The van der Waals surface area contributed by atoms with Crippen molar-refractivity contribution in [3.8, 4) is 0 Å². The highest BCUT2D eigenvalue weighted by Crippen LogP contribution is 2.14. The van der Waals surface area contributed by atoms with Crippen LogP contribution in [0.15, 0.2) is 24.3 Å². The number of aliphatic hydroxyl groups excluding tert-OH is 3.